The molecule has 0 bridgehead atoms. The molecule has 5 heteroatoms. The van der Waals surface area contributed by atoms with Gasteiger partial charge in [-0.2, -0.15) is 0 Å². The van der Waals surface area contributed by atoms with Crippen molar-refractivity contribution in [1.29, 1.82) is 0 Å². The topological polar surface area (TPSA) is 40.8 Å². The molecule has 1 aromatic carbocycles. The Labute approximate surface area is 153 Å². The van der Waals surface area contributed by atoms with E-state index in [9.17, 15) is 4.79 Å². The highest BCUT2D eigenvalue weighted by Crippen LogP contribution is 2.24. The molecule has 1 saturated heterocycles. The summed E-state index contributed by atoms with van der Waals surface area (Å²) in [6.45, 7) is 9.39. The van der Waals surface area contributed by atoms with Crippen LogP contribution < -0.4 is 4.90 Å². The lowest BCUT2D eigenvalue weighted by atomic mass is 10.1. The van der Waals surface area contributed by atoms with Crippen molar-refractivity contribution in [3.8, 4) is 0 Å². The number of anilines is 1. The van der Waals surface area contributed by atoms with E-state index < -0.39 is 0 Å². The molecule has 26 heavy (non-hydrogen) atoms. The summed E-state index contributed by atoms with van der Waals surface area (Å²) in [5, 5.41) is 0. The second kappa shape index (κ2) is 6.48. The number of nitrogens with zero attached hydrogens (tertiary/aromatic N) is 4. The monoisotopic (exact) mass is 348 g/mol. The molecule has 0 aliphatic carbocycles. The van der Waals surface area contributed by atoms with E-state index in [0.717, 1.165) is 37.5 Å². The van der Waals surface area contributed by atoms with Gasteiger partial charge in [-0.25, -0.2) is 4.98 Å². The Morgan fingerprint density at radius 2 is 1.73 bits per heavy atom. The summed E-state index contributed by atoms with van der Waals surface area (Å²) >= 11 is 0. The van der Waals surface area contributed by atoms with Crippen LogP contribution in [-0.2, 0) is 0 Å². The van der Waals surface area contributed by atoms with Crippen LogP contribution in [0.4, 0.5) is 5.69 Å². The van der Waals surface area contributed by atoms with Gasteiger partial charge in [0, 0.05) is 38.1 Å². The summed E-state index contributed by atoms with van der Waals surface area (Å²) in [6.07, 6.45) is 1.91. The van der Waals surface area contributed by atoms with Gasteiger partial charge in [-0.3, -0.25) is 9.20 Å². The fourth-order valence-corrected chi connectivity index (χ4v) is 3.75. The number of pyridine rings is 1. The fourth-order valence-electron chi connectivity index (χ4n) is 3.75. The molecule has 1 aliphatic rings. The van der Waals surface area contributed by atoms with Crippen LogP contribution in [-0.4, -0.2) is 46.4 Å². The molecular formula is C21H24N4O. The smallest absolute Gasteiger partial charge is 0.272 e. The first kappa shape index (κ1) is 16.6. The molecule has 3 aromatic rings. The van der Waals surface area contributed by atoms with E-state index in [1.807, 2.05) is 40.6 Å². The van der Waals surface area contributed by atoms with Gasteiger partial charge in [0.1, 0.15) is 11.3 Å². The quantitative estimate of drug-likeness (QED) is 0.714. The number of piperazine rings is 1. The summed E-state index contributed by atoms with van der Waals surface area (Å²) in [6, 6.07) is 12.2. The van der Waals surface area contributed by atoms with Crippen molar-refractivity contribution in [1.82, 2.24) is 14.3 Å². The van der Waals surface area contributed by atoms with Crippen molar-refractivity contribution in [3.05, 3.63) is 65.1 Å². The average Bonchev–Trinajstić information content (AvgIpc) is 2.99. The van der Waals surface area contributed by atoms with Crippen LogP contribution in [0.1, 0.15) is 27.3 Å². The van der Waals surface area contributed by atoms with Crippen molar-refractivity contribution in [3.63, 3.8) is 0 Å². The number of aromatic nitrogens is 2. The third-order valence-corrected chi connectivity index (χ3v) is 5.39. The van der Waals surface area contributed by atoms with E-state index in [1.165, 1.54) is 16.8 Å². The molecule has 0 saturated carbocycles. The number of rotatable bonds is 2. The number of imidazole rings is 1. The maximum Gasteiger partial charge on any atom is 0.272 e. The highest BCUT2D eigenvalue weighted by molar-refractivity contribution is 5.94. The van der Waals surface area contributed by atoms with Gasteiger partial charge in [-0.15, -0.1) is 0 Å². The molecule has 3 heterocycles. The Bertz CT molecular complexity index is 967. The van der Waals surface area contributed by atoms with Gasteiger partial charge < -0.3 is 9.80 Å². The highest BCUT2D eigenvalue weighted by Gasteiger charge is 2.26. The normalized spacial score (nSPS) is 14.9. The number of aryl methyl sites for hydroxylation is 2. The van der Waals surface area contributed by atoms with Crippen LogP contribution in [0.5, 0.6) is 0 Å². The molecule has 1 amide bonds. The lowest BCUT2D eigenvalue weighted by Crippen LogP contribution is -2.49. The molecule has 0 spiro atoms. The Hall–Kier alpha value is -2.82. The first-order valence-electron chi connectivity index (χ1n) is 9.10. The number of benzene rings is 1. The SMILES string of the molecule is Cc1cccc(N2CCN(C(=O)c3c(C)nc4ccccn34)CC2)c1C. The Morgan fingerprint density at radius 1 is 0.962 bits per heavy atom. The van der Waals surface area contributed by atoms with Gasteiger partial charge in [-0.1, -0.05) is 18.2 Å². The Morgan fingerprint density at radius 3 is 2.50 bits per heavy atom. The van der Waals surface area contributed by atoms with Gasteiger partial charge in [0.25, 0.3) is 5.91 Å². The van der Waals surface area contributed by atoms with E-state index in [0.29, 0.717) is 5.69 Å². The van der Waals surface area contributed by atoms with Crippen molar-refractivity contribution in [2.24, 2.45) is 0 Å². The van der Waals surface area contributed by atoms with E-state index >= 15 is 0 Å². The molecule has 134 valence electrons. The van der Waals surface area contributed by atoms with Crippen molar-refractivity contribution in [2.45, 2.75) is 20.8 Å². The third kappa shape index (κ3) is 2.73. The summed E-state index contributed by atoms with van der Waals surface area (Å²) in [5.74, 6) is 0.0711. The first-order valence-corrected chi connectivity index (χ1v) is 9.10. The minimum Gasteiger partial charge on any atom is -0.368 e. The number of amides is 1. The largest absolute Gasteiger partial charge is 0.368 e. The second-order valence-corrected chi connectivity index (χ2v) is 6.97. The minimum atomic E-state index is 0.0711. The Kier molecular flexibility index (Phi) is 4.15. The van der Waals surface area contributed by atoms with Crippen LogP contribution in [0.2, 0.25) is 0 Å². The van der Waals surface area contributed by atoms with Crippen LogP contribution in [0, 0.1) is 20.8 Å². The standard InChI is InChI=1S/C21H24N4O/c1-15-7-6-8-18(16(15)2)23-11-13-24(14-12-23)21(26)20-17(3)22-19-9-4-5-10-25(19)20/h4-10H,11-14H2,1-3H3. The average molecular weight is 348 g/mol. The molecule has 2 aromatic heterocycles. The zero-order valence-corrected chi connectivity index (χ0v) is 15.6. The number of carbonyl (C=O) groups excluding carboxylic acids is 1. The van der Waals surface area contributed by atoms with Crippen LogP contribution in [0.3, 0.4) is 0 Å². The number of hydrogen-bond acceptors (Lipinski definition) is 3. The number of carbonyl (C=O) groups is 1. The minimum absolute atomic E-state index is 0.0711. The maximum absolute atomic E-state index is 13.1. The molecular weight excluding hydrogens is 324 g/mol. The Balaban J connectivity index is 1.53. The van der Waals surface area contributed by atoms with E-state index in [1.54, 1.807) is 0 Å². The summed E-state index contributed by atoms with van der Waals surface area (Å²) in [4.78, 5) is 22.0. The predicted octanol–water partition coefficient (Wildman–Crippen LogP) is 3.22. The van der Waals surface area contributed by atoms with E-state index in [-0.39, 0.29) is 5.91 Å². The second-order valence-electron chi connectivity index (χ2n) is 6.97. The van der Waals surface area contributed by atoms with Gasteiger partial charge >= 0.3 is 0 Å². The van der Waals surface area contributed by atoms with Gasteiger partial charge in [0.05, 0.1) is 5.69 Å². The third-order valence-electron chi connectivity index (χ3n) is 5.39. The molecule has 1 aliphatic heterocycles. The molecule has 0 N–H and O–H groups in total. The van der Waals surface area contributed by atoms with Gasteiger partial charge in [-0.05, 0) is 50.1 Å². The molecule has 0 radical (unpaired) electrons. The summed E-state index contributed by atoms with van der Waals surface area (Å²) < 4.78 is 1.90. The molecule has 5 nitrogen and oxygen atoms in total. The number of hydrogen-bond donors (Lipinski definition) is 0. The van der Waals surface area contributed by atoms with Crippen molar-refractivity contribution < 1.29 is 4.79 Å². The molecule has 4 rings (SSSR count). The zero-order valence-electron chi connectivity index (χ0n) is 15.6. The summed E-state index contributed by atoms with van der Waals surface area (Å²) in [5.41, 5.74) is 6.21. The fraction of sp³-hybridized carbons (Fsp3) is 0.333. The number of fused-ring (bicyclic) bond motifs is 1. The molecule has 0 atom stereocenters. The maximum atomic E-state index is 13.1. The van der Waals surface area contributed by atoms with Crippen molar-refractivity contribution >= 4 is 17.2 Å². The van der Waals surface area contributed by atoms with Crippen LogP contribution >= 0.6 is 0 Å². The van der Waals surface area contributed by atoms with Gasteiger partial charge in [0.15, 0.2) is 0 Å². The zero-order chi connectivity index (χ0) is 18.3. The van der Waals surface area contributed by atoms with Gasteiger partial charge in [0.2, 0.25) is 0 Å². The van der Waals surface area contributed by atoms with Crippen LogP contribution in [0.25, 0.3) is 5.65 Å². The molecule has 1 fully saturated rings. The molecule has 0 unspecified atom stereocenters. The van der Waals surface area contributed by atoms with Crippen LogP contribution in [0.15, 0.2) is 42.6 Å². The van der Waals surface area contributed by atoms with Crippen molar-refractivity contribution in [2.75, 3.05) is 31.1 Å². The summed E-state index contributed by atoms with van der Waals surface area (Å²) in [7, 11) is 0. The van der Waals surface area contributed by atoms with E-state index in [4.69, 9.17) is 0 Å². The first-order chi connectivity index (χ1) is 12.6. The lowest BCUT2D eigenvalue weighted by molar-refractivity contribution is 0.0739. The lowest BCUT2D eigenvalue weighted by Gasteiger charge is -2.37. The van der Waals surface area contributed by atoms with E-state index in [2.05, 4.69) is 41.9 Å². The predicted molar refractivity (Wildman–Crippen MR) is 104 cm³/mol. The highest BCUT2D eigenvalue weighted by atomic mass is 16.2.